The van der Waals surface area contributed by atoms with E-state index < -0.39 is 10.0 Å². The van der Waals surface area contributed by atoms with Crippen LogP contribution in [0.25, 0.3) is 0 Å². The fraction of sp³-hybridized carbons (Fsp3) is 0.500. The van der Waals surface area contributed by atoms with Crippen LogP contribution in [0.2, 0.25) is 0 Å². The van der Waals surface area contributed by atoms with E-state index in [0.29, 0.717) is 4.99 Å². The second-order valence-electron chi connectivity index (χ2n) is 3.52. The normalized spacial score (nSPS) is 13.9. The van der Waals surface area contributed by atoms with Gasteiger partial charge in [-0.2, -0.15) is 5.10 Å². The largest absolute Gasteiger partial charge is 0.393 e. The lowest BCUT2D eigenvalue weighted by atomic mass is 10.2. The molecule has 0 saturated carbocycles. The number of hydrogen-bond donors (Lipinski definition) is 2. The van der Waals surface area contributed by atoms with Gasteiger partial charge in [0.25, 0.3) is 0 Å². The zero-order valence-electron chi connectivity index (χ0n) is 9.04. The van der Waals surface area contributed by atoms with Crippen molar-refractivity contribution in [3.8, 4) is 0 Å². The molecule has 1 atom stereocenters. The van der Waals surface area contributed by atoms with Crippen molar-refractivity contribution in [2.24, 2.45) is 11.7 Å². The van der Waals surface area contributed by atoms with Gasteiger partial charge in [-0.3, -0.25) is 5.10 Å². The number of hydrogen-bond acceptors (Lipinski definition) is 4. The minimum absolute atomic E-state index is 0.130. The molecule has 6 nitrogen and oxygen atoms in total. The van der Waals surface area contributed by atoms with Crippen LogP contribution in [-0.4, -0.2) is 41.5 Å². The Kier molecular flexibility index (Phi) is 4.00. The Hall–Kier alpha value is -0.990. The van der Waals surface area contributed by atoms with Gasteiger partial charge < -0.3 is 5.73 Å². The predicted molar refractivity (Wildman–Crippen MR) is 64.4 cm³/mol. The monoisotopic (exact) mass is 262 g/mol. The van der Waals surface area contributed by atoms with Crippen molar-refractivity contribution in [3.63, 3.8) is 0 Å². The first-order chi connectivity index (χ1) is 7.35. The van der Waals surface area contributed by atoms with Crippen LogP contribution in [0.3, 0.4) is 0 Å². The molecule has 1 aromatic rings. The number of sulfonamides is 1. The highest BCUT2D eigenvalue weighted by atomic mass is 32.2. The van der Waals surface area contributed by atoms with Gasteiger partial charge in [-0.15, -0.1) is 0 Å². The van der Waals surface area contributed by atoms with Crippen molar-refractivity contribution in [1.29, 1.82) is 0 Å². The number of nitrogens with one attached hydrogen (secondary N) is 1. The summed E-state index contributed by atoms with van der Waals surface area (Å²) in [7, 11) is -2.02. The number of nitrogens with two attached hydrogens (primary N) is 1. The third-order valence-electron chi connectivity index (χ3n) is 2.20. The van der Waals surface area contributed by atoms with Crippen LogP contribution >= 0.6 is 12.2 Å². The molecule has 1 unspecified atom stereocenters. The van der Waals surface area contributed by atoms with E-state index in [1.807, 2.05) is 0 Å². The molecule has 0 aromatic carbocycles. The fourth-order valence-electron chi connectivity index (χ4n) is 1.13. The predicted octanol–water partition coefficient (Wildman–Crippen LogP) is -0.0476. The van der Waals surface area contributed by atoms with Gasteiger partial charge >= 0.3 is 0 Å². The molecule has 8 heteroatoms. The lowest BCUT2D eigenvalue weighted by Gasteiger charge is -2.19. The van der Waals surface area contributed by atoms with E-state index in [1.165, 1.54) is 23.7 Å². The average molecular weight is 262 g/mol. The molecule has 1 aromatic heterocycles. The molecule has 90 valence electrons. The Morgan fingerprint density at radius 1 is 1.75 bits per heavy atom. The Morgan fingerprint density at radius 3 is 2.81 bits per heavy atom. The molecule has 0 aliphatic rings. The second-order valence-corrected chi connectivity index (χ2v) is 6.04. The van der Waals surface area contributed by atoms with Crippen LogP contribution in [0, 0.1) is 5.92 Å². The van der Waals surface area contributed by atoms with Gasteiger partial charge in [0.15, 0.2) is 0 Å². The summed E-state index contributed by atoms with van der Waals surface area (Å²) in [5.74, 6) is -0.165. The van der Waals surface area contributed by atoms with Crippen molar-refractivity contribution < 1.29 is 8.42 Å². The van der Waals surface area contributed by atoms with E-state index in [4.69, 9.17) is 18.0 Å². The van der Waals surface area contributed by atoms with Crippen LogP contribution < -0.4 is 5.73 Å². The zero-order valence-corrected chi connectivity index (χ0v) is 10.7. The number of H-pyrrole nitrogens is 1. The molecular weight excluding hydrogens is 248 g/mol. The summed E-state index contributed by atoms with van der Waals surface area (Å²) >= 11 is 4.80. The lowest BCUT2D eigenvalue weighted by Crippen LogP contribution is -2.35. The molecule has 0 spiro atoms. The quantitative estimate of drug-likeness (QED) is 0.726. The average Bonchev–Trinajstić information content (AvgIpc) is 2.70. The summed E-state index contributed by atoms with van der Waals surface area (Å²) in [5, 5.41) is 6.06. The van der Waals surface area contributed by atoms with Crippen LogP contribution in [-0.2, 0) is 10.0 Å². The fourth-order valence-corrected chi connectivity index (χ4v) is 2.38. The maximum Gasteiger partial charge on any atom is 0.245 e. The molecule has 0 bridgehead atoms. The van der Waals surface area contributed by atoms with Crippen molar-refractivity contribution in [2.75, 3.05) is 13.6 Å². The molecule has 0 aliphatic carbocycles. The van der Waals surface area contributed by atoms with Crippen molar-refractivity contribution in [2.45, 2.75) is 11.8 Å². The van der Waals surface area contributed by atoms with Gasteiger partial charge in [0.1, 0.15) is 4.90 Å². The summed E-state index contributed by atoms with van der Waals surface area (Å²) in [6.07, 6.45) is 2.59. The van der Waals surface area contributed by atoms with Gasteiger partial charge in [0.2, 0.25) is 10.0 Å². The highest BCUT2D eigenvalue weighted by Crippen LogP contribution is 2.13. The second kappa shape index (κ2) is 4.89. The molecule has 0 aliphatic heterocycles. The maximum atomic E-state index is 11.9. The highest BCUT2D eigenvalue weighted by Gasteiger charge is 2.23. The summed E-state index contributed by atoms with van der Waals surface area (Å²) < 4.78 is 25.1. The van der Waals surface area contributed by atoms with E-state index in [-0.39, 0.29) is 17.4 Å². The van der Waals surface area contributed by atoms with Crippen LogP contribution in [0.15, 0.2) is 17.3 Å². The first-order valence-corrected chi connectivity index (χ1v) is 6.45. The van der Waals surface area contributed by atoms with Crippen molar-refractivity contribution in [1.82, 2.24) is 14.5 Å². The van der Waals surface area contributed by atoms with E-state index in [9.17, 15) is 8.42 Å². The molecular formula is C8H14N4O2S2. The highest BCUT2D eigenvalue weighted by molar-refractivity contribution is 7.89. The maximum absolute atomic E-state index is 11.9. The number of thiocarbonyl (C=S) groups is 1. The van der Waals surface area contributed by atoms with Crippen molar-refractivity contribution >= 4 is 27.2 Å². The number of aromatic amines is 1. The first-order valence-electron chi connectivity index (χ1n) is 4.60. The smallest absolute Gasteiger partial charge is 0.245 e. The minimum atomic E-state index is -3.50. The molecule has 0 amide bonds. The number of rotatable bonds is 5. The summed E-state index contributed by atoms with van der Waals surface area (Å²) in [6.45, 7) is 2.03. The Morgan fingerprint density at radius 2 is 2.38 bits per heavy atom. The number of nitrogens with zero attached hydrogens (tertiary/aromatic N) is 2. The van der Waals surface area contributed by atoms with Crippen LogP contribution in [0.4, 0.5) is 0 Å². The lowest BCUT2D eigenvalue weighted by molar-refractivity contribution is 0.445. The van der Waals surface area contributed by atoms with Gasteiger partial charge in [-0.1, -0.05) is 19.1 Å². The van der Waals surface area contributed by atoms with E-state index >= 15 is 0 Å². The first kappa shape index (κ1) is 13.1. The Bertz CT molecular complexity index is 454. The van der Waals surface area contributed by atoms with Gasteiger partial charge in [0.05, 0.1) is 11.2 Å². The zero-order chi connectivity index (χ0) is 12.3. The Balaban J connectivity index is 2.82. The van der Waals surface area contributed by atoms with E-state index in [1.54, 1.807) is 6.92 Å². The van der Waals surface area contributed by atoms with Crippen molar-refractivity contribution in [3.05, 3.63) is 12.4 Å². The summed E-state index contributed by atoms with van der Waals surface area (Å²) in [4.78, 5) is 0.430. The molecule has 3 N–H and O–H groups in total. The summed E-state index contributed by atoms with van der Waals surface area (Å²) in [5.41, 5.74) is 5.44. The molecule has 0 saturated heterocycles. The third kappa shape index (κ3) is 2.77. The van der Waals surface area contributed by atoms with Gasteiger partial charge in [-0.25, -0.2) is 12.7 Å². The van der Waals surface area contributed by atoms with Crippen LogP contribution in [0.5, 0.6) is 0 Å². The van der Waals surface area contributed by atoms with Gasteiger partial charge in [0, 0.05) is 25.7 Å². The number of aromatic nitrogens is 2. The molecule has 16 heavy (non-hydrogen) atoms. The topological polar surface area (TPSA) is 92.1 Å². The van der Waals surface area contributed by atoms with Crippen LogP contribution in [0.1, 0.15) is 6.92 Å². The third-order valence-corrected chi connectivity index (χ3v) is 4.39. The van der Waals surface area contributed by atoms with E-state index in [0.717, 1.165) is 0 Å². The SMILES string of the molecule is CC(CN(C)S(=O)(=O)c1cn[nH]c1)C(N)=S. The van der Waals surface area contributed by atoms with Gasteiger partial charge in [-0.05, 0) is 0 Å². The molecule has 1 rings (SSSR count). The molecule has 0 radical (unpaired) electrons. The minimum Gasteiger partial charge on any atom is -0.393 e. The summed E-state index contributed by atoms with van der Waals surface area (Å²) in [6, 6.07) is 0. The standard InChI is InChI=1S/C8H14N4O2S2/c1-6(8(9)15)5-12(2)16(13,14)7-3-10-11-4-7/h3-4,6H,5H2,1-2H3,(H2,9,15)(H,10,11). The molecule has 1 heterocycles. The molecule has 0 fully saturated rings. The van der Waals surface area contributed by atoms with E-state index in [2.05, 4.69) is 10.2 Å². The Labute approximate surface area is 99.9 Å².